The van der Waals surface area contributed by atoms with Gasteiger partial charge in [0.05, 0.1) is 16.4 Å². The van der Waals surface area contributed by atoms with E-state index in [-0.39, 0.29) is 0 Å². The second-order valence-electron chi connectivity index (χ2n) is 5.29. The van der Waals surface area contributed by atoms with E-state index in [2.05, 4.69) is 40.9 Å². The average Bonchev–Trinajstić information content (AvgIpc) is 2.72. The highest BCUT2D eigenvalue weighted by Gasteiger charge is 2.15. The minimum absolute atomic E-state index is 0.394. The van der Waals surface area contributed by atoms with Gasteiger partial charge in [0.2, 0.25) is 0 Å². The van der Waals surface area contributed by atoms with Crippen molar-refractivity contribution in [3.63, 3.8) is 0 Å². The molecule has 0 bridgehead atoms. The molecule has 114 valence electrons. The average molecular weight is 372 g/mol. The summed E-state index contributed by atoms with van der Waals surface area (Å²) < 4.78 is 8.97. The van der Waals surface area contributed by atoms with Gasteiger partial charge in [-0.2, -0.15) is 5.10 Å². The molecule has 0 radical (unpaired) electrons. The second-order valence-corrected chi connectivity index (χ2v) is 6.58. The summed E-state index contributed by atoms with van der Waals surface area (Å²) in [6.07, 6.45) is 0. The van der Waals surface area contributed by atoms with Crippen molar-refractivity contribution in [3.05, 3.63) is 44.6 Å². The van der Waals surface area contributed by atoms with E-state index in [0.29, 0.717) is 17.5 Å². The number of rotatable bonds is 5. The van der Waals surface area contributed by atoms with Gasteiger partial charge in [0.1, 0.15) is 12.4 Å². The number of hydrogen-bond acceptors (Lipinski definition) is 2. The van der Waals surface area contributed by atoms with Gasteiger partial charge < -0.3 is 4.74 Å². The van der Waals surface area contributed by atoms with Crippen molar-refractivity contribution in [3.8, 4) is 5.75 Å². The van der Waals surface area contributed by atoms with Crippen LogP contribution in [0.25, 0.3) is 0 Å². The Hall–Kier alpha value is -1.000. The van der Waals surface area contributed by atoms with Gasteiger partial charge in [0.15, 0.2) is 0 Å². The maximum Gasteiger partial charge on any atom is 0.131 e. The fraction of sp³-hybridized carbons (Fsp3) is 0.438. The van der Waals surface area contributed by atoms with Gasteiger partial charge in [-0.05, 0) is 43.5 Å². The molecular formula is C16H20BrClN2O. The monoisotopic (exact) mass is 370 g/mol. The maximum atomic E-state index is 6.32. The van der Waals surface area contributed by atoms with Crippen molar-refractivity contribution >= 4 is 27.5 Å². The third-order valence-electron chi connectivity index (χ3n) is 3.41. The molecule has 0 fully saturated rings. The summed E-state index contributed by atoms with van der Waals surface area (Å²) >= 11 is 9.82. The van der Waals surface area contributed by atoms with Crippen LogP contribution in [0.3, 0.4) is 0 Å². The topological polar surface area (TPSA) is 27.1 Å². The van der Waals surface area contributed by atoms with Crippen molar-refractivity contribution < 1.29 is 4.74 Å². The van der Waals surface area contributed by atoms with Crippen LogP contribution < -0.4 is 4.74 Å². The van der Waals surface area contributed by atoms with E-state index in [1.807, 2.05) is 30.7 Å². The zero-order chi connectivity index (χ0) is 15.6. The predicted molar refractivity (Wildman–Crippen MR) is 90.2 cm³/mol. The first kappa shape index (κ1) is 16.4. The molecule has 1 aromatic carbocycles. The van der Waals surface area contributed by atoms with Gasteiger partial charge in [-0.3, -0.25) is 4.68 Å². The quantitative estimate of drug-likeness (QED) is 0.710. The van der Waals surface area contributed by atoms with Gasteiger partial charge in [0.25, 0.3) is 0 Å². The van der Waals surface area contributed by atoms with Crippen LogP contribution in [0, 0.1) is 6.92 Å². The Morgan fingerprint density at radius 3 is 2.71 bits per heavy atom. The van der Waals surface area contributed by atoms with Crippen LogP contribution in [0.1, 0.15) is 43.6 Å². The molecule has 0 aliphatic heterocycles. The summed E-state index contributed by atoms with van der Waals surface area (Å²) in [5, 5.41) is 5.10. The van der Waals surface area contributed by atoms with E-state index in [9.17, 15) is 0 Å². The summed E-state index contributed by atoms with van der Waals surface area (Å²) in [4.78, 5) is 0. The number of ether oxygens (including phenoxy) is 1. The Morgan fingerprint density at radius 2 is 2.10 bits per heavy atom. The summed E-state index contributed by atoms with van der Waals surface area (Å²) in [6, 6.07) is 6.09. The highest BCUT2D eigenvalue weighted by atomic mass is 79.9. The fourth-order valence-electron chi connectivity index (χ4n) is 2.25. The molecule has 0 aliphatic carbocycles. The second kappa shape index (κ2) is 6.84. The lowest BCUT2D eigenvalue weighted by Crippen LogP contribution is -2.07. The lowest BCUT2D eigenvalue weighted by Gasteiger charge is -2.15. The van der Waals surface area contributed by atoms with Crippen molar-refractivity contribution in [2.24, 2.45) is 0 Å². The van der Waals surface area contributed by atoms with Crippen molar-refractivity contribution in [2.75, 3.05) is 0 Å². The molecule has 0 amide bonds. The van der Waals surface area contributed by atoms with E-state index < -0.39 is 0 Å². The summed E-state index contributed by atoms with van der Waals surface area (Å²) in [6.45, 7) is 9.48. The first-order valence-corrected chi connectivity index (χ1v) is 8.25. The van der Waals surface area contributed by atoms with Gasteiger partial charge in [-0.15, -0.1) is 0 Å². The number of halogens is 2. The van der Waals surface area contributed by atoms with Crippen LogP contribution in [-0.4, -0.2) is 9.78 Å². The molecule has 1 heterocycles. The number of hydrogen-bond donors (Lipinski definition) is 0. The minimum atomic E-state index is 0.394. The van der Waals surface area contributed by atoms with Crippen LogP contribution in [0.2, 0.25) is 5.02 Å². The van der Waals surface area contributed by atoms with Crippen molar-refractivity contribution in [1.29, 1.82) is 0 Å². The third kappa shape index (κ3) is 3.61. The third-order valence-corrected chi connectivity index (χ3v) is 4.40. The number of benzene rings is 1. The van der Waals surface area contributed by atoms with Gasteiger partial charge in [-0.25, -0.2) is 0 Å². The Labute approximate surface area is 139 Å². The summed E-state index contributed by atoms with van der Waals surface area (Å²) in [5.41, 5.74) is 2.95. The van der Waals surface area contributed by atoms with E-state index in [1.54, 1.807) is 0 Å². The Bertz CT molecular complexity index is 637. The lowest BCUT2D eigenvalue weighted by molar-refractivity contribution is 0.288. The van der Waals surface area contributed by atoms with Crippen LogP contribution in [0.5, 0.6) is 5.75 Å². The van der Waals surface area contributed by atoms with E-state index in [0.717, 1.165) is 28.2 Å². The number of aryl methyl sites for hydroxylation is 2. The summed E-state index contributed by atoms with van der Waals surface area (Å²) in [7, 11) is 0. The first-order valence-electron chi connectivity index (χ1n) is 7.08. The van der Waals surface area contributed by atoms with Crippen LogP contribution in [0.15, 0.2) is 22.7 Å². The van der Waals surface area contributed by atoms with Crippen LogP contribution in [0.4, 0.5) is 0 Å². The lowest BCUT2D eigenvalue weighted by atomic mass is 10.0. The molecule has 0 saturated carbocycles. The molecule has 2 aromatic rings. The van der Waals surface area contributed by atoms with Crippen LogP contribution in [-0.2, 0) is 13.2 Å². The van der Waals surface area contributed by atoms with Gasteiger partial charge >= 0.3 is 0 Å². The highest BCUT2D eigenvalue weighted by molar-refractivity contribution is 9.10. The Balaban J connectivity index is 2.25. The predicted octanol–water partition coefficient (Wildman–Crippen LogP) is 5.33. The standard InChI is InChI=1S/C16H20BrClN2O/c1-5-20-14(16(18)11(4)19-20)9-21-15-7-6-12(17)8-13(15)10(2)3/h6-8,10H,5,9H2,1-4H3. The maximum absolute atomic E-state index is 6.32. The SMILES string of the molecule is CCn1nc(C)c(Cl)c1COc1ccc(Br)cc1C(C)C. The molecule has 0 unspecified atom stereocenters. The first-order chi connectivity index (χ1) is 9.93. The Kier molecular flexibility index (Phi) is 5.33. The molecule has 0 N–H and O–H groups in total. The molecule has 1 aromatic heterocycles. The molecule has 0 spiro atoms. The molecule has 0 aliphatic rings. The van der Waals surface area contributed by atoms with E-state index >= 15 is 0 Å². The largest absolute Gasteiger partial charge is 0.487 e. The molecule has 0 saturated heterocycles. The fourth-order valence-corrected chi connectivity index (χ4v) is 2.82. The number of nitrogens with zero attached hydrogens (tertiary/aromatic N) is 2. The van der Waals surface area contributed by atoms with Gasteiger partial charge in [-0.1, -0.05) is 41.4 Å². The Morgan fingerprint density at radius 1 is 1.38 bits per heavy atom. The van der Waals surface area contributed by atoms with E-state index in [4.69, 9.17) is 16.3 Å². The molecule has 2 rings (SSSR count). The highest BCUT2D eigenvalue weighted by Crippen LogP contribution is 2.31. The molecule has 21 heavy (non-hydrogen) atoms. The van der Waals surface area contributed by atoms with Crippen molar-refractivity contribution in [2.45, 2.75) is 46.8 Å². The zero-order valence-corrected chi connectivity index (χ0v) is 15.1. The molecule has 3 nitrogen and oxygen atoms in total. The molecule has 0 atom stereocenters. The van der Waals surface area contributed by atoms with Gasteiger partial charge in [0, 0.05) is 11.0 Å². The molecular weight excluding hydrogens is 352 g/mol. The van der Waals surface area contributed by atoms with Crippen LogP contribution >= 0.6 is 27.5 Å². The smallest absolute Gasteiger partial charge is 0.131 e. The number of aromatic nitrogens is 2. The normalized spacial score (nSPS) is 11.2. The minimum Gasteiger partial charge on any atom is -0.487 e. The zero-order valence-electron chi connectivity index (χ0n) is 12.8. The molecule has 5 heteroatoms. The van der Waals surface area contributed by atoms with E-state index in [1.165, 1.54) is 5.56 Å². The van der Waals surface area contributed by atoms with Crippen molar-refractivity contribution in [1.82, 2.24) is 9.78 Å². The summed E-state index contributed by atoms with van der Waals surface area (Å²) in [5.74, 6) is 1.29.